The van der Waals surface area contributed by atoms with E-state index in [1.54, 1.807) is 20.1 Å². The van der Waals surface area contributed by atoms with E-state index < -0.39 is 23.9 Å². The highest BCUT2D eigenvalue weighted by Gasteiger charge is 2.20. The first kappa shape index (κ1) is 21.9. The molecule has 0 radical (unpaired) electrons. The number of carbonyl (C=O) groups excluding carboxylic acids is 3. The van der Waals surface area contributed by atoms with Crippen LogP contribution in [0.2, 0.25) is 0 Å². The number of hydrogen-bond acceptors (Lipinski definition) is 7. The number of benzene rings is 2. The van der Waals surface area contributed by atoms with Gasteiger partial charge in [0.05, 0.1) is 44.8 Å². The summed E-state index contributed by atoms with van der Waals surface area (Å²) in [5.41, 5.74) is 1.25. The Kier molecular flexibility index (Phi) is 7.73. The van der Waals surface area contributed by atoms with Gasteiger partial charge in [0, 0.05) is 0 Å². The van der Waals surface area contributed by atoms with Gasteiger partial charge in [0.1, 0.15) is 11.9 Å². The molecule has 0 spiro atoms. The number of anilines is 1. The first-order valence-corrected chi connectivity index (χ1v) is 8.75. The summed E-state index contributed by atoms with van der Waals surface area (Å²) in [4.78, 5) is 36.3. The monoisotopic (exact) mass is 401 g/mol. The van der Waals surface area contributed by atoms with E-state index in [1.807, 2.05) is 18.2 Å². The maximum Gasteiger partial charge on any atom is 0.339 e. The number of esters is 2. The summed E-state index contributed by atoms with van der Waals surface area (Å²) in [5, 5.41) is 2.61. The predicted molar refractivity (Wildman–Crippen MR) is 105 cm³/mol. The van der Waals surface area contributed by atoms with Gasteiger partial charge in [-0.3, -0.25) is 4.79 Å². The van der Waals surface area contributed by atoms with E-state index in [-0.39, 0.29) is 23.4 Å². The third kappa shape index (κ3) is 5.79. The van der Waals surface area contributed by atoms with Crippen LogP contribution in [0, 0.1) is 0 Å². The van der Waals surface area contributed by atoms with Crippen molar-refractivity contribution in [1.82, 2.24) is 0 Å². The van der Waals surface area contributed by atoms with Crippen LogP contribution < -0.4 is 10.1 Å². The van der Waals surface area contributed by atoms with Gasteiger partial charge in [0.15, 0.2) is 0 Å². The highest BCUT2D eigenvalue weighted by molar-refractivity contribution is 6.04. The Morgan fingerprint density at radius 1 is 0.966 bits per heavy atom. The zero-order valence-corrected chi connectivity index (χ0v) is 16.7. The minimum atomic E-state index is -0.825. The molecule has 0 saturated carbocycles. The number of ether oxygens (including phenoxy) is 4. The molecular weight excluding hydrogens is 378 g/mol. The second-order valence-corrected chi connectivity index (χ2v) is 6.04. The second-order valence-electron chi connectivity index (χ2n) is 6.04. The molecule has 2 aromatic carbocycles. The molecule has 1 amide bonds. The van der Waals surface area contributed by atoms with Gasteiger partial charge in [-0.25, -0.2) is 9.59 Å². The number of rotatable bonds is 8. The molecule has 8 heteroatoms. The number of carbonyl (C=O) groups is 3. The van der Waals surface area contributed by atoms with E-state index in [1.165, 1.54) is 32.4 Å². The molecule has 0 heterocycles. The average Bonchev–Trinajstić information content (AvgIpc) is 2.76. The van der Waals surface area contributed by atoms with Crippen LogP contribution in [0.1, 0.15) is 33.2 Å². The fourth-order valence-corrected chi connectivity index (χ4v) is 2.47. The lowest BCUT2D eigenvalue weighted by Gasteiger charge is -2.16. The molecule has 0 aliphatic rings. The van der Waals surface area contributed by atoms with E-state index in [0.717, 1.165) is 5.56 Å². The number of amides is 1. The maximum atomic E-state index is 12.5. The number of methoxy groups -OCH3 is 3. The van der Waals surface area contributed by atoms with Crippen LogP contribution in [-0.4, -0.2) is 45.3 Å². The third-order valence-electron chi connectivity index (χ3n) is 4.11. The summed E-state index contributed by atoms with van der Waals surface area (Å²) in [5.74, 6) is -1.05. The molecule has 0 fully saturated rings. The third-order valence-corrected chi connectivity index (χ3v) is 4.11. The van der Waals surface area contributed by atoms with Crippen molar-refractivity contribution in [3.8, 4) is 5.75 Å². The molecule has 2 aromatic rings. The molecule has 29 heavy (non-hydrogen) atoms. The van der Waals surface area contributed by atoms with Crippen LogP contribution in [0.3, 0.4) is 0 Å². The Morgan fingerprint density at radius 3 is 2.34 bits per heavy atom. The van der Waals surface area contributed by atoms with Crippen LogP contribution in [0.25, 0.3) is 0 Å². The van der Waals surface area contributed by atoms with Crippen LogP contribution in [0.15, 0.2) is 42.5 Å². The fraction of sp³-hybridized carbons (Fsp3) is 0.286. The summed E-state index contributed by atoms with van der Waals surface area (Å²) < 4.78 is 20.2. The summed E-state index contributed by atoms with van der Waals surface area (Å²) >= 11 is 0. The molecular formula is C21H23NO7. The van der Waals surface area contributed by atoms with Gasteiger partial charge < -0.3 is 24.3 Å². The highest BCUT2D eigenvalue weighted by Crippen LogP contribution is 2.21. The van der Waals surface area contributed by atoms with Crippen molar-refractivity contribution in [2.24, 2.45) is 0 Å². The van der Waals surface area contributed by atoms with Gasteiger partial charge in [-0.1, -0.05) is 12.1 Å². The van der Waals surface area contributed by atoms with Gasteiger partial charge in [-0.2, -0.15) is 0 Å². The minimum Gasteiger partial charge on any atom is -0.497 e. The van der Waals surface area contributed by atoms with Crippen molar-refractivity contribution < 1.29 is 33.3 Å². The Hall–Kier alpha value is -3.39. The van der Waals surface area contributed by atoms with Crippen LogP contribution in [0.4, 0.5) is 5.69 Å². The van der Waals surface area contributed by atoms with Crippen LogP contribution in [0.5, 0.6) is 5.75 Å². The lowest BCUT2D eigenvalue weighted by Crippen LogP contribution is -2.28. The Morgan fingerprint density at radius 2 is 1.69 bits per heavy atom. The molecule has 0 aromatic heterocycles. The lowest BCUT2D eigenvalue weighted by molar-refractivity contribution is -0.127. The normalized spacial score (nSPS) is 11.3. The van der Waals surface area contributed by atoms with Gasteiger partial charge in [-0.05, 0) is 42.8 Å². The lowest BCUT2D eigenvalue weighted by atomic mass is 10.1. The van der Waals surface area contributed by atoms with Crippen molar-refractivity contribution in [3.63, 3.8) is 0 Å². The summed E-state index contributed by atoms with van der Waals surface area (Å²) in [7, 11) is 4.03. The van der Waals surface area contributed by atoms with Crippen molar-refractivity contribution in [1.29, 1.82) is 0 Å². The molecule has 2 rings (SSSR count). The fourth-order valence-electron chi connectivity index (χ4n) is 2.47. The van der Waals surface area contributed by atoms with Crippen molar-refractivity contribution >= 4 is 23.5 Å². The Labute approximate surface area is 168 Å². The SMILES string of the molecule is COC(=O)c1ccc(C(=O)OC)c(NC(=O)C(C)OCc2cccc(OC)c2)c1. The quantitative estimate of drug-likeness (QED) is 0.679. The molecule has 0 aliphatic carbocycles. The van der Waals surface area contributed by atoms with Gasteiger partial charge >= 0.3 is 11.9 Å². The van der Waals surface area contributed by atoms with E-state index in [4.69, 9.17) is 14.2 Å². The number of nitrogens with one attached hydrogen (secondary N) is 1. The number of hydrogen-bond donors (Lipinski definition) is 1. The van der Waals surface area contributed by atoms with Gasteiger partial charge in [0.25, 0.3) is 5.91 Å². The molecule has 0 aliphatic heterocycles. The molecule has 0 saturated heterocycles. The summed E-state index contributed by atoms with van der Waals surface area (Å²) in [6.45, 7) is 1.77. The average molecular weight is 401 g/mol. The zero-order chi connectivity index (χ0) is 21.4. The summed E-state index contributed by atoms with van der Waals surface area (Å²) in [6.07, 6.45) is -0.825. The van der Waals surface area contributed by atoms with Gasteiger partial charge in [0.2, 0.25) is 0 Å². The van der Waals surface area contributed by atoms with Gasteiger partial charge in [-0.15, -0.1) is 0 Å². The molecule has 154 valence electrons. The van der Waals surface area contributed by atoms with Crippen LogP contribution in [-0.2, 0) is 25.6 Å². The topological polar surface area (TPSA) is 100 Å². The predicted octanol–water partition coefficient (Wildman–Crippen LogP) is 2.81. The smallest absolute Gasteiger partial charge is 0.339 e. The van der Waals surface area contributed by atoms with Crippen LogP contribution >= 0.6 is 0 Å². The van der Waals surface area contributed by atoms with E-state index in [2.05, 4.69) is 10.1 Å². The summed E-state index contributed by atoms with van der Waals surface area (Å²) in [6, 6.07) is 11.4. The second kappa shape index (κ2) is 10.2. The van der Waals surface area contributed by atoms with E-state index >= 15 is 0 Å². The maximum absolute atomic E-state index is 12.5. The molecule has 1 atom stereocenters. The molecule has 0 bridgehead atoms. The van der Waals surface area contributed by atoms with E-state index in [0.29, 0.717) is 5.75 Å². The highest BCUT2D eigenvalue weighted by atomic mass is 16.5. The molecule has 1 unspecified atom stereocenters. The first-order chi connectivity index (χ1) is 13.9. The van der Waals surface area contributed by atoms with E-state index in [9.17, 15) is 14.4 Å². The zero-order valence-electron chi connectivity index (χ0n) is 16.7. The van der Waals surface area contributed by atoms with Crippen molar-refractivity contribution in [3.05, 3.63) is 59.2 Å². The Bertz CT molecular complexity index is 894. The Balaban J connectivity index is 2.12. The molecule has 1 N–H and O–H groups in total. The standard InChI is InChI=1S/C21H23NO7/c1-13(29-12-14-6-5-7-16(10-14)26-2)19(23)22-18-11-15(20(24)27-3)8-9-17(18)21(25)28-4/h5-11,13H,12H2,1-4H3,(H,22,23). The largest absolute Gasteiger partial charge is 0.497 e. The molecule has 8 nitrogen and oxygen atoms in total. The first-order valence-electron chi connectivity index (χ1n) is 8.75. The van der Waals surface area contributed by atoms with Crippen molar-refractivity contribution in [2.75, 3.05) is 26.6 Å². The van der Waals surface area contributed by atoms with Crippen molar-refractivity contribution in [2.45, 2.75) is 19.6 Å². The minimum absolute atomic E-state index is 0.105.